The van der Waals surface area contributed by atoms with E-state index in [1.807, 2.05) is 0 Å². The van der Waals surface area contributed by atoms with Crippen LogP contribution in [0.1, 0.15) is 15.9 Å². The molecule has 0 aliphatic heterocycles. The first kappa shape index (κ1) is 18.0. The Balaban J connectivity index is 2.02. The zero-order valence-electron chi connectivity index (χ0n) is 14.5. The smallest absolute Gasteiger partial charge is 0.269 e. The zero-order chi connectivity index (χ0) is 19.6. The lowest BCUT2D eigenvalue weighted by atomic mass is 10.0. The molecular formula is C19H15NO7. The molecule has 138 valence electrons. The number of carbonyl (C=O) groups is 1. The summed E-state index contributed by atoms with van der Waals surface area (Å²) in [5, 5.41) is 21.7. The summed E-state index contributed by atoms with van der Waals surface area (Å²) in [4.78, 5) is 22.9. The Hall–Kier alpha value is -3.81. The second kappa shape index (κ2) is 7.20. The Kier molecular flexibility index (Phi) is 4.80. The van der Waals surface area contributed by atoms with Crippen molar-refractivity contribution in [1.82, 2.24) is 0 Å². The number of fused-ring (bicyclic) bond motifs is 1. The molecule has 3 rings (SSSR count). The average Bonchev–Trinajstić information content (AvgIpc) is 3.14. The quantitative estimate of drug-likeness (QED) is 0.303. The van der Waals surface area contributed by atoms with Gasteiger partial charge in [-0.2, -0.15) is 0 Å². The molecule has 8 heteroatoms. The predicted octanol–water partition coefficient (Wildman–Crippen LogP) is 3.96. The van der Waals surface area contributed by atoms with Gasteiger partial charge in [-0.05, 0) is 29.8 Å². The van der Waals surface area contributed by atoms with Gasteiger partial charge in [-0.1, -0.05) is 6.08 Å². The molecule has 3 aromatic rings. The van der Waals surface area contributed by atoms with E-state index in [-0.39, 0.29) is 28.3 Å². The van der Waals surface area contributed by atoms with Gasteiger partial charge < -0.3 is 19.0 Å². The number of nitrogens with zero attached hydrogens (tertiary/aromatic N) is 1. The summed E-state index contributed by atoms with van der Waals surface area (Å²) in [7, 11) is 2.73. The number of rotatable bonds is 6. The van der Waals surface area contributed by atoms with E-state index in [1.165, 1.54) is 56.9 Å². The summed E-state index contributed by atoms with van der Waals surface area (Å²) in [6, 6.07) is 7.30. The van der Waals surface area contributed by atoms with Crippen LogP contribution in [0.25, 0.3) is 17.0 Å². The summed E-state index contributed by atoms with van der Waals surface area (Å²) in [6.07, 6.45) is 4.12. The molecular weight excluding hydrogens is 354 g/mol. The molecule has 27 heavy (non-hydrogen) atoms. The van der Waals surface area contributed by atoms with Crippen molar-refractivity contribution in [2.45, 2.75) is 0 Å². The molecule has 0 atom stereocenters. The number of aromatic hydroxyl groups is 1. The number of ether oxygens (including phenoxy) is 2. The molecule has 0 unspecified atom stereocenters. The van der Waals surface area contributed by atoms with E-state index in [2.05, 4.69) is 0 Å². The van der Waals surface area contributed by atoms with Gasteiger partial charge in [0.2, 0.25) is 5.75 Å². The molecule has 2 aromatic carbocycles. The van der Waals surface area contributed by atoms with Gasteiger partial charge in [0, 0.05) is 12.1 Å². The fraction of sp³-hybridized carbons (Fsp3) is 0.105. The Labute approximate surface area is 153 Å². The summed E-state index contributed by atoms with van der Waals surface area (Å²) in [5.41, 5.74) is 0.737. The van der Waals surface area contributed by atoms with Crippen LogP contribution in [0.2, 0.25) is 0 Å². The van der Waals surface area contributed by atoms with E-state index < -0.39 is 16.5 Å². The van der Waals surface area contributed by atoms with Gasteiger partial charge in [0.15, 0.2) is 17.1 Å². The molecule has 0 aliphatic carbocycles. The second-order valence-electron chi connectivity index (χ2n) is 5.50. The van der Waals surface area contributed by atoms with Crippen LogP contribution in [0, 0.1) is 10.1 Å². The Morgan fingerprint density at radius 1 is 1.15 bits per heavy atom. The van der Waals surface area contributed by atoms with Crippen LogP contribution in [-0.2, 0) is 0 Å². The Bertz CT molecular complexity index is 1050. The number of benzene rings is 2. The highest BCUT2D eigenvalue weighted by Crippen LogP contribution is 2.45. The van der Waals surface area contributed by atoms with E-state index in [4.69, 9.17) is 13.9 Å². The van der Waals surface area contributed by atoms with Crippen molar-refractivity contribution in [3.8, 4) is 17.2 Å². The molecule has 8 nitrogen and oxygen atoms in total. The van der Waals surface area contributed by atoms with Gasteiger partial charge >= 0.3 is 0 Å². The third-order valence-corrected chi connectivity index (χ3v) is 3.98. The number of hydrogen-bond acceptors (Lipinski definition) is 7. The molecule has 0 saturated heterocycles. The fourth-order valence-corrected chi connectivity index (χ4v) is 2.72. The number of hydrogen-bond donors (Lipinski definition) is 1. The van der Waals surface area contributed by atoms with Crippen molar-refractivity contribution in [3.63, 3.8) is 0 Å². The molecule has 0 aliphatic rings. The number of carbonyl (C=O) groups excluding carboxylic acids is 1. The van der Waals surface area contributed by atoms with Crippen LogP contribution in [0.5, 0.6) is 17.2 Å². The van der Waals surface area contributed by atoms with Crippen LogP contribution in [0.15, 0.2) is 47.1 Å². The lowest BCUT2D eigenvalue weighted by Gasteiger charge is -2.12. The number of methoxy groups -OCH3 is 2. The van der Waals surface area contributed by atoms with E-state index in [1.54, 1.807) is 6.07 Å². The van der Waals surface area contributed by atoms with Crippen LogP contribution < -0.4 is 9.47 Å². The van der Waals surface area contributed by atoms with Gasteiger partial charge in [-0.3, -0.25) is 14.9 Å². The molecule has 0 spiro atoms. The van der Waals surface area contributed by atoms with Gasteiger partial charge in [-0.25, -0.2) is 0 Å². The van der Waals surface area contributed by atoms with E-state index in [0.29, 0.717) is 10.9 Å². The second-order valence-corrected chi connectivity index (χ2v) is 5.50. The maximum Gasteiger partial charge on any atom is 0.269 e. The molecule has 1 heterocycles. The number of nitro groups is 1. The number of nitro benzene ring substituents is 1. The SMILES string of the molecule is COc1c(C(=O)/C=C/c2ccc([N+](=O)[O-])cc2)c(O)c(OC)c2occc12. The largest absolute Gasteiger partial charge is 0.504 e. The minimum Gasteiger partial charge on any atom is -0.504 e. The van der Waals surface area contributed by atoms with E-state index >= 15 is 0 Å². The highest BCUT2D eigenvalue weighted by Gasteiger charge is 2.26. The van der Waals surface area contributed by atoms with Crippen molar-refractivity contribution in [1.29, 1.82) is 0 Å². The lowest BCUT2D eigenvalue weighted by molar-refractivity contribution is -0.384. The maximum absolute atomic E-state index is 12.7. The first-order valence-corrected chi connectivity index (χ1v) is 7.79. The number of non-ortho nitro benzene ring substituents is 1. The Morgan fingerprint density at radius 3 is 2.41 bits per heavy atom. The van der Waals surface area contributed by atoms with Gasteiger partial charge in [0.25, 0.3) is 5.69 Å². The van der Waals surface area contributed by atoms with Crippen LogP contribution in [-0.4, -0.2) is 30.0 Å². The third-order valence-electron chi connectivity index (χ3n) is 3.98. The van der Waals surface area contributed by atoms with E-state index in [9.17, 15) is 20.0 Å². The standard InChI is InChI=1S/C19H15NO7/c1-25-17-13-9-10-27-18(13)19(26-2)16(22)15(17)14(21)8-5-11-3-6-12(7-4-11)20(23)24/h3-10,22H,1-2H3/b8-5+. The summed E-state index contributed by atoms with van der Waals surface area (Å²) >= 11 is 0. The van der Waals surface area contributed by atoms with Crippen molar-refractivity contribution in [2.24, 2.45) is 0 Å². The third kappa shape index (κ3) is 3.20. The minimum atomic E-state index is -0.524. The molecule has 0 bridgehead atoms. The molecule has 0 fully saturated rings. The number of allylic oxidation sites excluding steroid dienone is 1. The van der Waals surface area contributed by atoms with Gasteiger partial charge in [0.1, 0.15) is 11.3 Å². The predicted molar refractivity (Wildman–Crippen MR) is 97.4 cm³/mol. The number of furan rings is 1. The molecule has 1 N–H and O–H groups in total. The topological polar surface area (TPSA) is 112 Å². The van der Waals surface area contributed by atoms with Gasteiger partial charge in [-0.15, -0.1) is 0 Å². The monoisotopic (exact) mass is 369 g/mol. The first-order chi connectivity index (χ1) is 13.0. The fourth-order valence-electron chi connectivity index (χ4n) is 2.72. The maximum atomic E-state index is 12.7. The zero-order valence-corrected chi connectivity index (χ0v) is 14.5. The van der Waals surface area contributed by atoms with E-state index in [0.717, 1.165) is 0 Å². The van der Waals surface area contributed by atoms with Gasteiger partial charge in [0.05, 0.1) is 30.8 Å². The molecule has 0 radical (unpaired) electrons. The minimum absolute atomic E-state index is 0.0304. The van der Waals surface area contributed by atoms with Crippen molar-refractivity contribution in [2.75, 3.05) is 14.2 Å². The number of phenols is 1. The lowest BCUT2D eigenvalue weighted by Crippen LogP contribution is -2.02. The van der Waals surface area contributed by atoms with Crippen molar-refractivity contribution >= 4 is 28.5 Å². The van der Waals surface area contributed by atoms with Crippen LogP contribution in [0.3, 0.4) is 0 Å². The van der Waals surface area contributed by atoms with Crippen molar-refractivity contribution in [3.05, 3.63) is 63.9 Å². The summed E-state index contributed by atoms with van der Waals surface area (Å²) in [5.74, 6) is -0.725. The first-order valence-electron chi connectivity index (χ1n) is 7.79. The summed E-state index contributed by atoms with van der Waals surface area (Å²) in [6.45, 7) is 0. The number of ketones is 1. The molecule has 0 amide bonds. The average molecular weight is 369 g/mol. The normalized spacial score (nSPS) is 11.0. The Morgan fingerprint density at radius 2 is 1.81 bits per heavy atom. The molecule has 1 aromatic heterocycles. The summed E-state index contributed by atoms with van der Waals surface area (Å²) < 4.78 is 15.8. The van der Waals surface area contributed by atoms with Crippen LogP contribution in [0.4, 0.5) is 5.69 Å². The van der Waals surface area contributed by atoms with Crippen LogP contribution >= 0.6 is 0 Å². The highest BCUT2D eigenvalue weighted by molar-refractivity contribution is 6.15. The number of phenolic OH excluding ortho intramolecular Hbond substituents is 1. The molecule has 0 saturated carbocycles. The highest BCUT2D eigenvalue weighted by atomic mass is 16.6. The van der Waals surface area contributed by atoms with Crippen molar-refractivity contribution < 1.29 is 28.7 Å².